The molecule has 1 fully saturated rings. The summed E-state index contributed by atoms with van der Waals surface area (Å²) in [6, 6.07) is 7.69. The third kappa shape index (κ3) is 4.26. The first-order chi connectivity index (χ1) is 16.8. The molecule has 12 heteroatoms. The molecule has 0 saturated carbocycles. The van der Waals surface area contributed by atoms with Crippen molar-refractivity contribution in [2.24, 2.45) is 0 Å². The normalized spacial score (nSPS) is 17.4. The maximum atomic E-state index is 13.0. The SMILES string of the molecule is Cc1cc(NC(=O)c2cn(-c3ccc4c(c3)C(=O)N(C3CCC(=O)NC3=O)C4)nn2)cc(CO)n1. The van der Waals surface area contributed by atoms with Gasteiger partial charge in [-0.25, -0.2) is 4.68 Å². The number of fused-ring (bicyclic) bond motifs is 1. The fraction of sp³-hybridized carbons (Fsp3) is 0.261. The van der Waals surface area contributed by atoms with Crippen molar-refractivity contribution < 1.29 is 24.3 Å². The summed E-state index contributed by atoms with van der Waals surface area (Å²) in [5.41, 5.74) is 3.31. The second kappa shape index (κ2) is 8.72. The Morgan fingerprint density at radius 1 is 1.23 bits per heavy atom. The molecular weight excluding hydrogens is 454 g/mol. The van der Waals surface area contributed by atoms with Gasteiger partial charge in [-0.3, -0.25) is 29.5 Å². The number of imide groups is 1. The molecule has 12 nitrogen and oxygen atoms in total. The Kier molecular flexibility index (Phi) is 5.57. The molecule has 5 rings (SSSR count). The van der Waals surface area contributed by atoms with Crippen LogP contribution in [0.1, 0.15) is 50.6 Å². The van der Waals surface area contributed by atoms with Crippen LogP contribution in [0, 0.1) is 6.92 Å². The van der Waals surface area contributed by atoms with Crippen molar-refractivity contribution in [3.63, 3.8) is 0 Å². The van der Waals surface area contributed by atoms with Gasteiger partial charge in [-0.2, -0.15) is 0 Å². The molecule has 0 spiro atoms. The molecule has 1 saturated heterocycles. The van der Waals surface area contributed by atoms with E-state index in [9.17, 15) is 24.3 Å². The molecule has 35 heavy (non-hydrogen) atoms. The lowest BCUT2D eigenvalue weighted by Gasteiger charge is -2.29. The van der Waals surface area contributed by atoms with Crippen LogP contribution in [0.2, 0.25) is 0 Å². The lowest BCUT2D eigenvalue weighted by Crippen LogP contribution is -2.52. The van der Waals surface area contributed by atoms with Crippen LogP contribution in [0.5, 0.6) is 0 Å². The maximum Gasteiger partial charge on any atom is 0.277 e. The van der Waals surface area contributed by atoms with Gasteiger partial charge in [-0.15, -0.1) is 5.10 Å². The average Bonchev–Trinajstić information content (AvgIpc) is 3.44. The van der Waals surface area contributed by atoms with Gasteiger partial charge in [0.25, 0.3) is 11.8 Å². The first kappa shape index (κ1) is 22.3. The highest BCUT2D eigenvalue weighted by atomic mass is 16.3. The predicted octanol–water partition coefficient (Wildman–Crippen LogP) is 0.476. The number of benzene rings is 1. The number of aliphatic hydroxyl groups excluding tert-OH is 1. The first-order valence-corrected chi connectivity index (χ1v) is 10.9. The molecule has 0 radical (unpaired) electrons. The molecule has 1 unspecified atom stereocenters. The van der Waals surface area contributed by atoms with Crippen molar-refractivity contribution in [2.75, 3.05) is 5.32 Å². The Balaban J connectivity index is 1.33. The quantitative estimate of drug-likeness (QED) is 0.449. The van der Waals surface area contributed by atoms with Gasteiger partial charge >= 0.3 is 0 Å². The Morgan fingerprint density at radius 2 is 2.06 bits per heavy atom. The summed E-state index contributed by atoms with van der Waals surface area (Å²) in [7, 11) is 0. The summed E-state index contributed by atoms with van der Waals surface area (Å²) in [5.74, 6) is -1.60. The number of aliphatic hydroxyl groups is 1. The van der Waals surface area contributed by atoms with Crippen molar-refractivity contribution in [3.05, 3.63) is 64.7 Å². The Morgan fingerprint density at radius 3 is 2.83 bits per heavy atom. The number of hydrogen-bond acceptors (Lipinski definition) is 8. The summed E-state index contributed by atoms with van der Waals surface area (Å²) >= 11 is 0. The fourth-order valence-corrected chi connectivity index (χ4v) is 4.26. The highest BCUT2D eigenvalue weighted by Gasteiger charge is 2.39. The van der Waals surface area contributed by atoms with Crippen LogP contribution in [0.25, 0.3) is 5.69 Å². The van der Waals surface area contributed by atoms with Crippen LogP contribution < -0.4 is 10.6 Å². The highest BCUT2D eigenvalue weighted by Crippen LogP contribution is 2.29. The second-order valence-corrected chi connectivity index (χ2v) is 8.39. The molecule has 2 aromatic heterocycles. The number of rotatable bonds is 5. The summed E-state index contributed by atoms with van der Waals surface area (Å²) in [6.07, 6.45) is 1.91. The summed E-state index contributed by atoms with van der Waals surface area (Å²) in [4.78, 5) is 55.0. The molecule has 0 aliphatic carbocycles. The largest absolute Gasteiger partial charge is 0.390 e. The van der Waals surface area contributed by atoms with E-state index < -0.39 is 17.9 Å². The number of hydrogen-bond donors (Lipinski definition) is 3. The molecule has 0 bridgehead atoms. The van der Waals surface area contributed by atoms with Crippen LogP contribution >= 0.6 is 0 Å². The van der Waals surface area contributed by atoms with E-state index in [0.717, 1.165) is 5.56 Å². The van der Waals surface area contributed by atoms with Crippen molar-refractivity contribution >= 4 is 29.3 Å². The molecule has 1 atom stereocenters. The Bertz CT molecular complexity index is 1380. The third-order valence-corrected chi connectivity index (χ3v) is 5.93. The van der Waals surface area contributed by atoms with E-state index in [1.54, 1.807) is 37.3 Å². The zero-order valence-corrected chi connectivity index (χ0v) is 18.7. The van der Waals surface area contributed by atoms with E-state index >= 15 is 0 Å². The number of amides is 4. The standard InChI is InChI=1S/C23H21N7O5/c1-12-6-14(7-15(11-31)24-12)25-21(33)18-10-30(28-27-18)16-3-2-13-9-29(23(35)17(13)8-16)19-4-5-20(32)26-22(19)34/h2-3,6-8,10,19,31H,4-5,9,11H2,1H3,(H,24,25,33)(H,26,32,34). The topological polar surface area (TPSA) is 159 Å². The van der Waals surface area contributed by atoms with Gasteiger partial charge in [-0.1, -0.05) is 11.3 Å². The summed E-state index contributed by atoms with van der Waals surface area (Å²) in [6.45, 7) is 1.77. The van der Waals surface area contributed by atoms with E-state index in [2.05, 4.69) is 25.9 Å². The van der Waals surface area contributed by atoms with Crippen LogP contribution in [0.3, 0.4) is 0 Å². The van der Waals surface area contributed by atoms with Crippen molar-refractivity contribution in [1.29, 1.82) is 0 Å². The lowest BCUT2D eigenvalue weighted by atomic mass is 10.0. The van der Waals surface area contributed by atoms with Crippen LogP contribution in [-0.4, -0.2) is 59.7 Å². The summed E-state index contributed by atoms with van der Waals surface area (Å²) in [5, 5.41) is 22.2. The number of anilines is 1. The van der Waals surface area contributed by atoms with Gasteiger partial charge in [0.2, 0.25) is 11.8 Å². The Labute approximate surface area is 198 Å². The molecule has 3 aromatic rings. The zero-order chi connectivity index (χ0) is 24.7. The van der Waals surface area contributed by atoms with Crippen molar-refractivity contribution in [2.45, 2.75) is 39.0 Å². The summed E-state index contributed by atoms with van der Waals surface area (Å²) < 4.78 is 1.38. The number of nitrogens with one attached hydrogen (secondary N) is 2. The van der Waals surface area contributed by atoms with Crippen LogP contribution in [0.15, 0.2) is 36.5 Å². The number of aryl methyl sites for hydroxylation is 1. The number of aromatic nitrogens is 4. The molecule has 178 valence electrons. The maximum absolute atomic E-state index is 13.0. The number of nitrogens with zero attached hydrogens (tertiary/aromatic N) is 5. The van der Waals surface area contributed by atoms with Crippen molar-refractivity contribution in [3.8, 4) is 5.69 Å². The second-order valence-electron chi connectivity index (χ2n) is 8.39. The molecule has 2 aliphatic heterocycles. The highest BCUT2D eigenvalue weighted by molar-refractivity contribution is 6.05. The molecule has 1 aromatic carbocycles. The van der Waals surface area contributed by atoms with Gasteiger partial charge in [0, 0.05) is 29.9 Å². The van der Waals surface area contributed by atoms with E-state index in [1.165, 1.54) is 15.8 Å². The molecule has 4 amide bonds. The lowest BCUT2D eigenvalue weighted by molar-refractivity contribution is -0.136. The van der Waals surface area contributed by atoms with Gasteiger partial charge in [0.05, 0.1) is 24.2 Å². The smallest absolute Gasteiger partial charge is 0.277 e. The molecule has 2 aliphatic rings. The van der Waals surface area contributed by atoms with E-state index in [0.29, 0.717) is 28.3 Å². The van der Waals surface area contributed by atoms with E-state index in [1.807, 2.05) is 0 Å². The van der Waals surface area contributed by atoms with Gasteiger partial charge in [0.1, 0.15) is 6.04 Å². The number of piperidine rings is 1. The minimum atomic E-state index is -0.694. The molecule has 4 heterocycles. The minimum Gasteiger partial charge on any atom is -0.390 e. The zero-order valence-electron chi connectivity index (χ0n) is 18.7. The third-order valence-electron chi connectivity index (χ3n) is 5.93. The fourth-order valence-electron chi connectivity index (χ4n) is 4.26. The predicted molar refractivity (Wildman–Crippen MR) is 120 cm³/mol. The van der Waals surface area contributed by atoms with Crippen molar-refractivity contribution in [1.82, 2.24) is 30.2 Å². The average molecular weight is 475 g/mol. The van der Waals surface area contributed by atoms with Crippen LogP contribution in [0.4, 0.5) is 5.69 Å². The van der Waals surface area contributed by atoms with E-state index in [-0.39, 0.29) is 43.5 Å². The van der Waals surface area contributed by atoms with Crippen LogP contribution in [-0.2, 0) is 22.7 Å². The number of carbonyl (C=O) groups excluding carboxylic acids is 4. The van der Waals surface area contributed by atoms with Gasteiger partial charge in [-0.05, 0) is 43.2 Å². The van der Waals surface area contributed by atoms with E-state index in [4.69, 9.17) is 0 Å². The number of carbonyl (C=O) groups is 4. The minimum absolute atomic E-state index is 0.0574. The molecular formula is C23H21N7O5. The molecule has 3 N–H and O–H groups in total. The Hall–Kier alpha value is -4.45. The first-order valence-electron chi connectivity index (χ1n) is 10.9. The number of pyridine rings is 1. The van der Waals surface area contributed by atoms with Gasteiger partial charge < -0.3 is 15.3 Å². The monoisotopic (exact) mass is 475 g/mol. The van der Waals surface area contributed by atoms with Gasteiger partial charge in [0.15, 0.2) is 5.69 Å².